The minimum atomic E-state index is -1.01. The summed E-state index contributed by atoms with van der Waals surface area (Å²) in [6.45, 7) is 3.98. The first kappa shape index (κ1) is 11.8. The van der Waals surface area contributed by atoms with Crippen LogP contribution in [-0.2, 0) is 4.79 Å². The molecule has 0 radical (unpaired) electrons. The van der Waals surface area contributed by atoms with Gasteiger partial charge in [-0.1, -0.05) is 33.1 Å². The van der Waals surface area contributed by atoms with Crippen LogP contribution in [0.5, 0.6) is 0 Å². The van der Waals surface area contributed by atoms with Crippen molar-refractivity contribution in [2.24, 2.45) is 0 Å². The highest BCUT2D eigenvalue weighted by atomic mass is 35.5. The summed E-state index contributed by atoms with van der Waals surface area (Å²) in [5, 5.41) is 8.86. The Kier molecular flexibility index (Phi) is 5.31. The molecule has 0 rings (SSSR count). The highest BCUT2D eigenvalue weighted by Gasteiger charge is 2.33. The maximum atomic E-state index is 10.8. The molecule has 0 aromatic heterocycles. The zero-order chi connectivity index (χ0) is 9.61. The van der Waals surface area contributed by atoms with Gasteiger partial charge in [0.25, 0.3) is 0 Å². The van der Waals surface area contributed by atoms with E-state index in [-0.39, 0.29) is 0 Å². The van der Waals surface area contributed by atoms with Crippen LogP contribution in [0.15, 0.2) is 0 Å². The third-order valence-electron chi connectivity index (χ3n) is 1.96. The molecule has 0 bridgehead atoms. The number of rotatable bonds is 6. The largest absolute Gasteiger partial charge is 0.480 e. The summed E-state index contributed by atoms with van der Waals surface area (Å²) in [5.74, 6) is -0.875. The van der Waals surface area contributed by atoms with Crippen LogP contribution >= 0.6 is 11.6 Å². The van der Waals surface area contributed by atoms with Gasteiger partial charge in [0, 0.05) is 0 Å². The summed E-state index contributed by atoms with van der Waals surface area (Å²) in [7, 11) is 0. The molecule has 3 heteroatoms. The molecule has 0 aromatic carbocycles. The Morgan fingerprint density at radius 1 is 1.33 bits per heavy atom. The summed E-state index contributed by atoms with van der Waals surface area (Å²) in [6, 6.07) is 0. The molecular formula is C9H17ClO2. The average molecular weight is 193 g/mol. The van der Waals surface area contributed by atoms with E-state index >= 15 is 0 Å². The van der Waals surface area contributed by atoms with Gasteiger partial charge < -0.3 is 5.11 Å². The zero-order valence-corrected chi connectivity index (χ0v) is 8.52. The van der Waals surface area contributed by atoms with E-state index in [1.165, 1.54) is 0 Å². The predicted octanol–water partition coefficient (Wildman–Crippen LogP) is 3.04. The van der Waals surface area contributed by atoms with Gasteiger partial charge in [0.2, 0.25) is 0 Å². The molecule has 1 N–H and O–H groups in total. The molecule has 0 saturated heterocycles. The van der Waals surface area contributed by atoms with Gasteiger partial charge in [-0.3, -0.25) is 4.79 Å². The second-order valence-corrected chi connectivity index (χ2v) is 3.85. The van der Waals surface area contributed by atoms with Gasteiger partial charge in [0.05, 0.1) is 0 Å². The van der Waals surface area contributed by atoms with Gasteiger partial charge in [0.15, 0.2) is 0 Å². The van der Waals surface area contributed by atoms with E-state index in [1.54, 1.807) is 0 Å². The SMILES string of the molecule is CCCCC(Cl)(CCC)C(=O)O. The minimum absolute atomic E-state index is 0.559. The average Bonchev–Trinajstić information content (AvgIpc) is 2.01. The fraction of sp³-hybridized carbons (Fsp3) is 0.889. The highest BCUT2D eigenvalue weighted by Crippen LogP contribution is 2.28. The lowest BCUT2D eigenvalue weighted by molar-refractivity contribution is -0.140. The lowest BCUT2D eigenvalue weighted by Crippen LogP contribution is -2.32. The van der Waals surface area contributed by atoms with Crippen LogP contribution in [0.4, 0.5) is 0 Å². The summed E-state index contributed by atoms with van der Waals surface area (Å²) in [5.41, 5.74) is 0. The quantitative estimate of drug-likeness (QED) is 0.657. The number of aliphatic carboxylic acids is 1. The van der Waals surface area contributed by atoms with Crippen molar-refractivity contribution in [3.05, 3.63) is 0 Å². The summed E-state index contributed by atoms with van der Waals surface area (Å²) in [6.07, 6.45) is 3.83. The van der Waals surface area contributed by atoms with E-state index in [0.717, 1.165) is 19.3 Å². The molecular weight excluding hydrogens is 176 g/mol. The number of hydrogen-bond donors (Lipinski definition) is 1. The van der Waals surface area contributed by atoms with Crippen molar-refractivity contribution in [3.8, 4) is 0 Å². The first-order chi connectivity index (χ1) is 5.56. The smallest absolute Gasteiger partial charge is 0.324 e. The molecule has 0 aliphatic heterocycles. The van der Waals surface area contributed by atoms with E-state index in [0.29, 0.717) is 12.8 Å². The molecule has 0 aliphatic carbocycles. The third kappa shape index (κ3) is 3.44. The van der Waals surface area contributed by atoms with Gasteiger partial charge >= 0.3 is 5.97 Å². The van der Waals surface area contributed by atoms with Crippen LogP contribution in [0.1, 0.15) is 46.0 Å². The third-order valence-corrected chi connectivity index (χ3v) is 2.50. The predicted molar refractivity (Wildman–Crippen MR) is 50.7 cm³/mol. The van der Waals surface area contributed by atoms with E-state index in [1.807, 2.05) is 13.8 Å². The Balaban J connectivity index is 4.08. The van der Waals surface area contributed by atoms with E-state index < -0.39 is 10.8 Å². The summed E-state index contributed by atoms with van der Waals surface area (Å²) >= 11 is 5.95. The molecule has 0 spiro atoms. The number of halogens is 1. The summed E-state index contributed by atoms with van der Waals surface area (Å²) in [4.78, 5) is 9.78. The molecule has 0 saturated carbocycles. The lowest BCUT2D eigenvalue weighted by Gasteiger charge is -2.20. The first-order valence-electron chi connectivity index (χ1n) is 4.49. The van der Waals surface area contributed by atoms with E-state index in [9.17, 15) is 4.79 Å². The fourth-order valence-electron chi connectivity index (χ4n) is 1.19. The molecule has 0 fully saturated rings. The molecule has 0 aliphatic rings. The number of carboxylic acid groups (broad SMARTS) is 1. The van der Waals surface area contributed by atoms with Crippen LogP contribution in [0.25, 0.3) is 0 Å². The molecule has 1 atom stereocenters. The number of carboxylic acids is 1. The Bertz CT molecular complexity index is 147. The van der Waals surface area contributed by atoms with Crippen molar-refractivity contribution < 1.29 is 9.90 Å². The van der Waals surface area contributed by atoms with Gasteiger partial charge in [-0.25, -0.2) is 0 Å². The number of carbonyl (C=O) groups is 1. The lowest BCUT2D eigenvalue weighted by atomic mass is 9.96. The maximum absolute atomic E-state index is 10.8. The molecule has 0 aromatic rings. The molecule has 0 heterocycles. The van der Waals surface area contributed by atoms with Crippen LogP contribution < -0.4 is 0 Å². The van der Waals surface area contributed by atoms with Gasteiger partial charge in [-0.05, 0) is 12.8 Å². The first-order valence-corrected chi connectivity index (χ1v) is 4.87. The van der Waals surface area contributed by atoms with Crippen molar-refractivity contribution in [3.63, 3.8) is 0 Å². The van der Waals surface area contributed by atoms with Crippen LogP contribution in [0.2, 0.25) is 0 Å². The second-order valence-electron chi connectivity index (χ2n) is 3.12. The molecule has 1 unspecified atom stereocenters. The Morgan fingerprint density at radius 3 is 2.25 bits per heavy atom. The molecule has 72 valence electrons. The normalized spacial score (nSPS) is 15.6. The fourth-order valence-corrected chi connectivity index (χ4v) is 1.51. The molecule has 2 nitrogen and oxygen atoms in total. The Morgan fingerprint density at radius 2 is 1.92 bits per heavy atom. The van der Waals surface area contributed by atoms with Gasteiger partial charge in [-0.15, -0.1) is 11.6 Å². The van der Waals surface area contributed by atoms with E-state index in [4.69, 9.17) is 16.7 Å². The van der Waals surface area contributed by atoms with Gasteiger partial charge in [-0.2, -0.15) is 0 Å². The number of hydrogen-bond acceptors (Lipinski definition) is 1. The summed E-state index contributed by atoms with van der Waals surface area (Å²) < 4.78 is 0. The van der Waals surface area contributed by atoms with E-state index in [2.05, 4.69) is 0 Å². The number of unbranched alkanes of at least 4 members (excludes halogenated alkanes) is 1. The monoisotopic (exact) mass is 192 g/mol. The van der Waals surface area contributed by atoms with Crippen LogP contribution in [0.3, 0.4) is 0 Å². The topological polar surface area (TPSA) is 37.3 Å². The zero-order valence-electron chi connectivity index (χ0n) is 7.77. The van der Waals surface area contributed by atoms with Gasteiger partial charge in [0.1, 0.15) is 4.87 Å². The highest BCUT2D eigenvalue weighted by molar-refractivity contribution is 6.33. The Hall–Kier alpha value is -0.240. The Labute approximate surface area is 78.9 Å². The van der Waals surface area contributed by atoms with Crippen molar-refractivity contribution in [1.82, 2.24) is 0 Å². The minimum Gasteiger partial charge on any atom is -0.480 e. The molecule has 0 amide bonds. The second kappa shape index (κ2) is 5.41. The van der Waals surface area contributed by atoms with Crippen molar-refractivity contribution in [2.45, 2.75) is 50.8 Å². The van der Waals surface area contributed by atoms with Crippen LogP contribution in [0, 0.1) is 0 Å². The number of alkyl halides is 1. The molecule has 12 heavy (non-hydrogen) atoms. The van der Waals surface area contributed by atoms with Crippen molar-refractivity contribution in [1.29, 1.82) is 0 Å². The van der Waals surface area contributed by atoms with Crippen LogP contribution in [-0.4, -0.2) is 16.0 Å². The van der Waals surface area contributed by atoms with Crippen molar-refractivity contribution in [2.75, 3.05) is 0 Å². The maximum Gasteiger partial charge on any atom is 0.324 e. The standard InChI is InChI=1S/C9H17ClO2/c1-3-5-7-9(10,6-4-2)8(11)12/h3-7H2,1-2H3,(H,11,12). The van der Waals surface area contributed by atoms with Crippen molar-refractivity contribution >= 4 is 17.6 Å².